The van der Waals surface area contributed by atoms with Gasteiger partial charge in [0.15, 0.2) is 12.4 Å². The fourth-order valence-electron chi connectivity index (χ4n) is 2.39. The van der Waals surface area contributed by atoms with Crippen molar-refractivity contribution >= 4 is 34.7 Å². The third-order valence-electron chi connectivity index (χ3n) is 3.80. The highest BCUT2D eigenvalue weighted by molar-refractivity contribution is 5.97. The molecule has 0 saturated heterocycles. The molecule has 10 nitrogen and oxygen atoms in total. The summed E-state index contributed by atoms with van der Waals surface area (Å²) in [6.45, 7) is -0.265. The molecule has 0 bridgehead atoms. The van der Waals surface area contributed by atoms with Crippen LogP contribution in [-0.4, -0.2) is 36.7 Å². The van der Waals surface area contributed by atoms with Gasteiger partial charge in [-0.15, -0.1) is 0 Å². The number of nitrogens with one attached hydrogen (secondary N) is 1. The average molecular weight is 397 g/mol. The number of methoxy groups -OCH3 is 1. The van der Waals surface area contributed by atoms with E-state index in [9.17, 15) is 19.7 Å². The molecule has 3 rings (SSSR count). The van der Waals surface area contributed by atoms with Crippen LogP contribution >= 0.6 is 0 Å². The molecule has 3 aromatic rings. The summed E-state index contributed by atoms with van der Waals surface area (Å²) < 4.78 is 15.3. The average Bonchev–Trinajstić information content (AvgIpc) is 3.16. The van der Waals surface area contributed by atoms with Gasteiger partial charge in [-0.1, -0.05) is 12.1 Å². The number of non-ortho nitro benzene ring substituents is 1. The zero-order valence-corrected chi connectivity index (χ0v) is 15.2. The summed E-state index contributed by atoms with van der Waals surface area (Å²) in [6.07, 6.45) is 1.35. The minimum absolute atomic E-state index is 0.0483. The molecule has 1 heterocycles. The number of amides is 1. The highest BCUT2D eigenvalue weighted by atomic mass is 16.6. The molecule has 2 aromatic carbocycles. The monoisotopic (exact) mass is 397 g/mol. The second-order valence-electron chi connectivity index (χ2n) is 5.69. The molecule has 0 fully saturated rings. The zero-order valence-electron chi connectivity index (χ0n) is 15.2. The molecule has 1 N–H and O–H groups in total. The second-order valence-corrected chi connectivity index (χ2v) is 5.69. The van der Waals surface area contributed by atoms with Crippen LogP contribution in [0.1, 0.15) is 16.1 Å². The molecular weight excluding hydrogens is 382 g/mol. The Labute approximate surface area is 163 Å². The number of nitro benzene ring substituents is 1. The van der Waals surface area contributed by atoms with E-state index in [2.05, 4.69) is 15.3 Å². The number of benzene rings is 2. The van der Waals surface area contributed by atoms with Gasteiger partial charge in [-0.25, -0.2) is 10.2 Å². The van der Waals surface area contributed by atoms with Gasteiger partial charge < -0.3 is 13.9 Å². The summed E-state index contributed by atoms with van der Waals surface area (Å²) in [6, 6.07) is 12.2. The Morgan fingerprint density at radius 3 is 2.79 bits per heavy atom. The molecule has 0 aliphatic rings. The van der Waals surface area contributed by atoms with Crippen molar-refractivity contribution in [3.63, 3.8) is 0 Å². The van der Waals surface area contributed by atoms with E-state index >= 15 is 0 Å². The maximum atomic E-state index is 12.2. The Bertz CT molecular complexity index is 1100. The Balaban J connectivity index is 1.69. The van der Waals surface area contributed by atoms with Crippen molar-refractivity contribution < 1.29 is 28.4 Å². The smallest absolute Gasteiger partial charge is 0.343 e. The molecule has 0 unspecified atom stereocenters. The van der Waals surface area contributed by atoms with Crippen molar-refractivity contribution in [3.8, 4) is 5.75 Å². The number of fused-ring (bicyclic) bond motifs is 1. The van der Waals surface area contributed by atoms with E-state index < -0.39 is 16.8 Å². The zero-order chi connectivity index (χ0) is 20.8. The lowest BCUT2D eigenvalue weighted by Crippen LogP contribution is -2.17. The van der Waals surface area contributed by atoms with E-state index in [4.69, 9.17) is 9.15 Å². The molecule has 29 heavy (non-hydrogen) atoms. The van der Waals surface area contributed by atoms with E-state index in [1.165, 1.54) is 37.6 Å². The quantitative estimate of drug-likeness (QED) is 0.280. The van der Waals surface area contributed by atoms with Crippen LogP contribution in [0.2, 0.25) is 0 Å². The predicted octanol–water partition coefficient (Wildman–Crippen LogP) is 2.66. The third-order valence-corrected chi connectivity index (χ3v) is 3.80. The summed E-state index contributed by atoms with van der Waals surface area (Å²) in [5, 5.41) is 15.1. The molecule has 148 valence electrons. The fraction of sp³-hybridized carbons (Fsp3) is 0.105. The summed E-state index contributed by atoms with van der Waals surface area (Å²) in [4.78, 5) is 33.7. The number of nitrogens with zero attached hydrogens (tertiary/aromatic N) is 2. The Hall–Kier alpha value is -4.21. The lowest BCUT2D eigenvalue weighted by molar-refractivity contribution is -0.384. The van der Waals surface area contributed by atoms with Crippen LogP contribution in [0.4, 0.5) is 5.69 Å². The van der Waals surface area contributed by atoms with Gasteiger partial charge in [0.25, 0.3) is 5.69 Å². The number of hydrazone groups is 1. The molecule has 0 radical (unpaired) electrons. The number of para-hydroxylation sites is 1. The highest BCUT2D eigenvalue weighted by Gasteiger charge is 2.14. The minimum atomic E-state index is -0.631. The number of ether oxygens (including phenoxy) is 2. The molecule has 0 aliphatic carbocycles. The number of carbonyl (C=O) groups excluding carboxylic acids is 2. The third kappa shape index (κ3) is 4.75. The summed E-state index contributed by atoms with van der Waals surface area (Å²) in [7, 11) is 1.25. The summed E-state index contributed by atoms with van der Waals surface area (Å²) in [5.74, 6) is -0.831. The van der Waals surface area contributed by atoms with Crippen molar-refractivity contribution in [1.29, 1.82) is 0 Å². The van der Waals surface area contributed by atoms with Gasteiger partial charge in [0.2, 0.25) is 0 Å². The SMILES string of the molecule is COC(=O)COc1ccccc1/C=N/NC(=O)c1cc2cc([N+](=O)[O-])ccc2o1. The van der Waals surface area contributed by atoms with Crippen molar-refractivity contribution in [2.75, 3.05) is 13.7 Å². The number of nitro groups is 1. The first-order valence-corrected chi connectivity index (χ1v) is 8.28. The largest absolute Gasteiger partial charge is 0.481 e. The van der Waals surface area contributed by atoms with Gasteiger partial charge in [0.05, 0.1) is 18.2 Å². The summed E-state index contributed by atoms with van der Waals surface area (Å²) in [5.41, 5.74) is 3.06. The lowest BCUT2D eigenvalue weighted by Gasteiger charge is -2.07. The van der Waals surface area contributed by atoms with E-state index in [0.29, 0.717) is 22.3 Å². The van der Waals surface area contributed by atoms with Crippen LogP contribution in [0, 0.1) is 10.1 Å². The van der Waals surface area contributed by atoms with Gasteiger partial charge >= 0.3 is 11.9 Å². The van der Waals surface area contributed by atoms with Crippen LogP contribution in [0.3, 0.4) is 0 Å². The van der Waals surface area contributed by atoms with E-state index in [1.54, 1.807) is 24.3 Å². The van der Waals surface area contributed by atoms with Crippen LogP contribution < -0.4 is 10.2 Å². The van der Waals surface area contributed by atoms with E-state index in [-0.39, 0.29) is 18.1 Å². The van der Waals surface area contributed by atoms with Crippen LogP contribution in [-0.2, 0) is 9.53 Å². The molecule has 1 amide bonds. The number of hydrogen-bond donors (Lipinski definition) is 1. The van der Waals surface area contributed by atoms with Crippen LogP contribution in [0.5, 0.6) is 5.75 Å². The van der Waals surface area contributed by atoms with Gasteiger partial charge in [-0.05, 0) is 24.3 Å². The molecule has 1 aromatic heterocycles. The summed E-state index contributed by atoms with van der Waals surface area (Å²) >= 11 is 0. The van der Waals surface area contributed by atoms with Gasteiger partial charge in [-0.2, -0.15) is 5.10 Å². The number of rotatable bonds is 7. The fourth-order valence-corrected chi connectivity index (χ4v) is 2.39. The van der Waals surface area contributed by atoms with E-state index in [1.807, 2.05) is 0 Å². The number of hydrogen-bond acceptors (Lipinski definition) is 8. The standard InChI is InChI=1S/C19H15N3O7/c1-27-18(23)11-28-15-5-3-2-4-12(15)10-20-21-19(24)17-9-13-8-14(22(25)26)6-7-16(13)29-17/h2-10H,11H2,1H3,(H,21,24)/b20-10+. The lowest BCUT2D eigenvalue weighted by atomic mass is 10.2. The minimum Gasteiger partial charge on any atom is -0.481 e. The number of esters is 1. The maximum Gasteiger partial charge on any atom is 0.343 e. The highest BCUT2D eigenvalue weighted by Crippen LogP contribution is 2.24. The van der Waals surface area contributed by atoms with Crippen molar-refractivity contribution in [2.45, 2.75) is 0 Å². The first kappa shape index (κ1) is 19.5. The van der Waals surface area contributed by atoms with Crippen molar-refractivity contribution in [3.05, 3.63) is 70.0 Å². The topological polar surface area (TPSA) is 133 Å². The number of carbonyl (C=O) groups is 2. The molecule has 0 spiro atoms. The van der Waals surface area contributed by atoms with Gasteiger partial charge in [0, 0.05) is 23.1 Å². The first-order valence-electron chi connectivity index (χ1n) is 8.28. The normalized spacial score (nSPS) is 10.8. The number of furan rings is 1. The van der Waals surface area contributed by atoms with Crippen molar-refractivity contribution in [1.82, 2.24) is 5.43 Å². The maximum absolute atomic E-state index is 12.2. The molecular formula is C19H15N3O7. The Kier molecular flexibility index (Phi) is 5.83. The van der Waals surface area contributed by atoms with Crippen molar-refractivity contribution in [2.24, 2.45) is 5.10 Å². The molecule has 10 heteroatoms. The molecule has 0 atom stereocenters. The second kappa shape index (κ2) is 8.65. The van der Waals surface area contributed by atoms with E-state index in [0.717, 1.165) is 0 Å². The molecule has 0 aliphatic heterocycles. The van der Waals surface area contributed by atoms with Gasteiger partial charge in [0.1, 0.15) is 11.3 Å². The van der Waals surface area contributed by atoms with Gasteiger partial charge in [-0.3, -0.25) is 14.9 Å². The van der Waals surface area contributed by atoms with Crippen LogP contribution in [0.25, 0.3) is 11.0 Å². The predicted molar refractivity (Wildman–Crippen MR) is 102 cm³/mol. The Morgan fingerprint density at radius 2 is 2.03 bits per heavy atom. The first-order chi connectivity index (χ1) is 14.0. The Morgan fingerprint density at radius 1 is 1.24 bits per heavy atom. The van der Waals surface area contributed by atoms with Crippen LogP contribution in [0.15, 0.2) is 58.0 Å². The molecule has 0 saturated carbocycles.